The predicted octanol–water partition coefficient (Wildman–Crippen LogP) is 2.73. The van der Waals surface area contributed by atoms with E-state index in [4.69, 9.17) is 0 Å². The van der Waals surface area contributed by atoms with Gasteiger partial charge in [-0.15, -0.1) is 0 Å². The van der Waals surface area contributed by atoms with Crippen molar-refractivity contribution in [1.82, 2.24) is 4.90 Å². The van der Waals surface area contributed by atoms with Crippen LogP contribution < -0.4 is 0 Å². The number of piperidine rings is 1. The summed E-state index contributed by atoms with van der Waals surface area (Å²) in [5.41, 5.74) is 0. The molecule has 2 nitrogen and oxygen atoms in total. The molecule has 0 radical (unpaired) electrons. The molecular weight excluding hydrogens is 206 g/mol. The van der Waals surface area contributed by atoms with E-state index >= 15 is 0 Å². The molecule has 0 aliphatic carbocycles. The highest BCUT2D eigenvalue weighted by Crippen LogP contribution is 2.24. The molecule has 0 aromatic carbocycles. The van der Waals surface area contributed by atoms with Gasteiger partial charge in [-0.3, -0.25) is 4.90 Å². The van der Waals surface area contributed by atoms with E-state index in [0.29, 0.717) is 11.2 Å². The van der Waals surface area contributed by atoms with Gasteiger partial charge < -0.3 is 4.79 Å². The molecule has 1 saturated heterocycles. The van der Waals surface area contributed by atoms with Gasteiger partial charge in [0.15, 0.2) is 0 Å². The van der Waals surface area contributed by atoms with Gasteiger partial charge in [0.05, 0.1) is 0 Å². The second-order valence-corrected chi connectivity index (χ2v) is 5.45. The van der Waals surface area contributed by atoms with Gasteiger partial charge in [0.25, 0.3) is 0 Å². The maximum absolute atomic E-state index is 10.8. The van der Waals surface area contributed by atoms with E-state index in [1.54, 1.807) is 6.92 Å². The number of carbonyl (C=O) groups excluding carboxylic acids is 1. The Morgan fingerprint density at radius 3 is 2.53 bits per heavy atom. The molecule has 1 atom stereocenters. The fourth-order valence-electron chi connectivity index (χ4n) is 2.25. The Balaban J connectivity index is 2.12. The van der Waals surface area contributed by atoms with Crippen LogP contribution in [0.2, 0.25) is 0 Å². The lowest BCUT2D eigenvalue weighted by Crippen LogP contribution is -2.37. The molecule has 3 heteroatoms. The number of hydrogen-bond donors (Lipinski definition) is 1. The standard InChI is InChI=1S/C12H23NOS/c1-10(14)4-3-5-12-6-8-13(9-7-12)11(2)15/h11-12,15H,3-9H2,1-2H3. The summed E-state index contributed by atoms with van der Waals surface area (Å²) in [4.78, 5) is 13.2. The molecule has 1 heterocycles. The van der Waals surface area contributed by atoms with Crippen molar-refractivity contribution in [1.29, 1.82) is 0 Å². The molecule has 0 N–H and O–H groups in total. The summed E-state index contributed by atoms with van der Waals surface area (Å²) in [6, 6.07) is 0. The molecule has 15 heavy (non-hydrogen) atoms. The van der Waals surface area contributed by atoms with Crippen LogP contribution in [0.3, 0.4) is 0 Å². The van der Waals surface area contributed by atoms with Gasteiger partial charge in [0.1, 0.15) is 5.78 Å². The largest absolute Gasteiger partial charge is 0.300 e. The summed E-state index contributed by atoms with van der Waals surface area (Å²) in [7, 11) is 0. The quantitative estimate of drug-likeness (QED) is 0.732. The Bertz CT molecular complexity index is 198. The topological polar surface area (TPSA) is 20.3 Å². The van der Waals surface area contributed by atoms with Crippen LogP contribution in [0.4, 0.5) is 0 Å². The van der Waals surface area contributed by atoms with E-state index in [0.717, 1.165) is 18.8 Å². The molecule has 0 spiro atoms. The molecule has 1 fully saturated rings. The van der Waals surface area contributed by atoms with E-state index in [1.165, 1.54) is 32.4 Å². The second kappa shape index (κ2) is 6.54. The monoisotopic (exact) mass is 229 g/mol. The number of rotatable bonds is 5. The molecule has 88 valence electrons. The third-order valence-corrected chi connectivity index (χ3v) is 3.65. The maximum atomic E-state index is 10.8. The van der Waals surface area contributed by atoms with E-state index in [1.807, 2.05) is 0 Å². The summed E-state index contributed by atoms with van der Waals surface area (Å²) in [5.74, 6) is 1.17. The average Bonchev–Trinajstić information content (AvgIpc) is 2.18. The van der Waals surface area contributed by atoms with Gasteiger partial charge in [-0.05, 0) is 58.5 Å². The van der Waals surface area contributed by atoms with Crippen molar-refractivity contribution in [3.8, 4) is 0 Å². The van der Waals surface area contributed by atoms with E-state index in [9.17, 15) is 4.79 Å². The van der Waals surface area contributed by atoms with Crippen molar-refractivity contribution in [3.05, 3.63) is 0 Å². The number of ketones is 1. The second-order valence-electron chi connectivity index (χ2n) is 4.71. The zero-order valence-electron chi connectivity index (χ0n) is 9.91. The van der Waals surface area contributed by atoms with Crippen LogP contribution in [0, 0.1) is 5.92 Å². The molecule has 0 saturated carbocycles. The van der Waals surface area contributed by atoms with E-state index < -0.39 is 0 Å². The lowest BCUT2D eigenvalue weighted by Gasteiger charge is -2.34. The highest BCUT2D eigenvalue weighted by atomic mass is 32.1. The first-order valence-electron chi connectivity index (χ1n) is 6.01. The van der Waals surface area contributed by atoms with E-state index in [-0.39, 0.29) is 0 Å². The van der Waals surface area contributed by atoms with Gasteiger partial charge in [0.2, 0.25) is 0 Å². The minimum atomic E-state index is 0.330. The normalized spacial score (nSPS) is 21.5. The highest BCUT2D eigenvalue weighted by Gasteiger charge is 2.20. The fraction of sp³-hybridized carbons (Fsp3) is 0.917. The third kappa shape index (κ3) is 5.03. The first-order chi connectivity index (χ1) is 7.09. The van der Waals surface area contributed by atoms with Crippen molar-refractivity contribution in [2.75, 3.05) is 13.1 Å². The number of carbonyl (C=O) groups is 1. The minimum absolute atomic E-state index is 0.330. The Hall–Kier alpha value is -0.0200. The molecule has 1 rings (SSSR count). The van der Waals surface area contributed by atoms with Crippen molar-refractivity contribution < 1.29 is 4.79 Å². The number of thiol groups is 1. The molecular formula is C12H23NOS. The predicted molar refractivity (Wildman–Crippen MR) is 67.3 cm³/mol. The smallest absolute Gasteiger partial charge is 0.129 e. The van der Waals surface area contributed by atoms with Crippen LogP contribution in [0.15, 0.2) is 0 Å². The van der Waals surface area contributed by atoms with Crippen molar-refractivity contribution in [3.63, 3.8) is 0 Å². The SMILES string of the molecule is CC(=O)CCCC1CCN(C(C)S)CC1. The van der Waals surface area contributed by atoms with E-state index in [2.05, 4.69) is 24.5 Å². The summed E-state index contributed by atoms with van der Waals surface area (Å²) in [5, 5.41) is 0.392. The number of nitrogens with zero attached hydrogens (tertiary/aromatic N) is 1. The van der Waals surface area contributed by atoms with Crippen molar-refractivity contribution in [2.45, 2.75) is 51.3 Å². The Morgan fingerprint density at radius 2 is 2.07 bits per heavy atom. The number of likely N-dealkylation sites (tertiary alicyclic amines) is 1. The van der Waals surface area contributed by atoms with Crippen LogP contribution in [0.5, 0.6) is 0 Å². The zero-order valence-corrected chi connectivity index (χ0v) is 10.8. The van der Waals surface area contributed by atoms with Gasteiger partial charge in [-0.25, -0.2) is 0 Å². The number of Topliss-reactive ketones (excluding diaryl/α,β-unsaturated/α-hetero) is 1. The van der Waals surface area contributed by atoms with Crippen LogP contribution in [0.25, 0.3) is 0 Å². The van der Waals surface area contributed by atoms with Crippen molar-refractivity contribution in [2.24, 2.45) is 5.92 Å². The van der Waals surface area contributed by atoms with Gasteiger partial charge >= 0.3 is 0 Å². The Labute approximate surface area is 98.8 Å². The lowest BCUT2D eigenvalue weighted by atomic mass is 9.91. The highest BCUT2D eigenvalue weighted by molar-refractivity contribution is 7.80. The Kier molecular flexibility index (Phi) is 5.69. The number of hydrogen-bond acceptors (Lipinski definition) is 3. The van der Waals surface area contributed by atoms with Crippen LogP contribution in [-0.2, 0) is 4.79 Å². The summed E-state index contributed by atoms with van der Waals surface area (Å²) < 4.78 is 0. The zero-order chi connectivity index (χ0) is 11.3. The van der Waals surface area contributed by atoms with Crippen molar-refractivity contribution >= 4 is 18.4 Å². The molecule has 0 amide bonds. The molecule has 1 aliphatic rings. The summed E-state index contributed by atoms with van der Waals surface area (Å²) in [6.45, 7) is 6.18. The molecule has 1 unspecified atom stereocenters. The van der Waals surface area contributed by atoms with Gasteiger partial charge in [0, 0.05) is 11.8 Å². The molecule has 0 bridgehead atoms. The summed E-state index contributed by atoms with van der Waals surface area (Å²) >= 11 is 4.45. The van der Waals surface area contributed by atoms with Crippen LogP contribution >= 0.6 is 12.6 Å². The Morgan fingerprint density at radius 1 is 1.47 bits per heavy atom. The molecule has 1 aliphatic heterocycles. The fourth-order valence-corrected chi connectivity index (χ4v) is 2.49. The van der Waals surface area contributed by atoms with Crippen LogP contribution in [-0.4, -0.2) is 29.1 Å². The average molecular weight is 229 g/mol. The minimum Gasteiger partial charge on any atom is -0.300 e. The summed E-state index contributed by atoms with van der Waals surface area (Å²) in [6.07, 6.45) is 5.64. The molecule has 0 aromatic rings. The first-order valence-corrected chi connectivity index (χ1v) is 6.53. The van der Waals surface area contributed by atoms with Gasteiger partial charge in [-0.1, -0.05) is 0 Å². The third-order valence-electron chi connectivity index (χ3n) is 3.32. The first kappa shape index (κ1) is 13.0. The van der Waals surface area contributed by atoms with Crippen LogP contribution in [0.1, 0.15) is 46.0 Å². The maximum Gasteiger partial charge on any atom is 0.129 e. The lowest BCUT2D eigenvalue weighted by molar-refractivity contribution is -0.117. The molecule has 0 aromatic heterocycles. The van der Waals surface area contributed by atoms with Gasteiger partial charge in [-0.2, -0.15) is 12.6 Å².